The number of methoxy groups -OCH3 is 2. The van der Waals surface area contributed by atoms with E-state index in [9.17, 15) is 4.79 Å². The van der Waals surface area contributed by atoms with Crippen LogP contribution in [-0.2, 0) is 11.2 Å². The molecule has 0 aliphatic carbocycles. The molecule has 1 N–H and O–H groups in total. The Hall–Kier alpha value is -2.54. The molecule has 0 fully saturated rings. The zero-order valence-corrected chi connectivity index (χ0v) is 16.5. The highest BCUT2D eigenvalue weighted by molar-refractivity contribution is 9.10. The number of hydrogen-bond acceptors (Lipinski definition) is 5. The van der Waals surface area contributed by atoms with Gasteiger partial charge >= 0.3 is 0 Å². The molecule has 0 saturated heterocycles. The van der Waals surface area contributed by atoms with Crippen LogP contribution in [0, 0.1) is 0 Å². The second-order valence-corrected chi connectivity index (χ2v) is 6.19. The molecule has 7 heteroatoms. The maximum absolute atomic E-state index is 12.1. The molecule has 0 saturated carbocycles. The van der Waals surface area contributed by atoms with E-state index in [1.54, 1.807) is 32.6 Å². The summed E-state index contributed by atoms with van der Waals surface area (Å²) in [5, 5.41) is 4.02. The van der Waals surface area contributed by atoms with Crippen LogP contribution < -0.4 is 19.6 Å². The number of hydrazone groups is 1. The van der Waals surface area contributed by atoms with Crippen LogP contribution in [0.25, 0.3) is 0 Å². The Morgan fingerprint density at radius 3 is 2.54 bits per heavy atom. The third kappa shape index (κ3) is 5.49. The predicted molar refractivity (Wildman–Crippen MR) is 104 cm³/mol. The number of nitrogens with zero attached hydrogens (tertiary/aromatic N) is 1. The largest absolute Gasteiger partial charge is 0.493 e. The molecule has 0 heterocycles. The molecule has 2 aromatic rings. The summed E-state index contributed by atoms with van der Waals surface area (Å²) in [6.45, 7) is 2.46. The van der Waals surface area contributed by atoms with Crippen molar-refractivity contribution in [3.63, 3.8) is 0 Å². The van der Waals surface area contributed by atoms with Gasteiger partial charge in [-0.2, -0.15) is 5.10 Å². The van der Waals surface area contributed by atoms with E-state index in [-0.39, 0.29) is 12.3 Å². The van der Waals surface area contributed by atoms with E-state index in [0.29, 0.717) is 23.9 Å². The van der Waals surface area contributed by atoms with Gasteiger partial charge < -0.3 is 14.2 Å². The average molecular weight is 421 g/mol. The Balaban J connectivity index is 2.01. The van der Waals surface area contributed by atoms with Crippen molar-refractivity contribution in [3.05, 3.63) is 52.0 Å². The van der Waals surface area contributed by atoms with Gasteiger partial charge in [0.2, 0.25) is 5.91 Å². The SMILES string of the molecule is CCOc1ccc(Br)cc1/C=N\NC(=O)Cc1ccc(OC)c(OC)c1. The van der Waals surface area contributed by atoms with Gasteiger partial charge in [-0.3, -0.25) is 4.79 Å². The fourth-order valence-corrected chi connectivity index (χ4v) is 2.68. The molecule has 2 rings (SSSR count). The Labute approximate surface area is 161 Å². The van der Waals surface area contributed by atoms with Crippen LogP contribution >= 0.6 is 15.9 Å². The predicted octanol–water partition coefficient (Wildman–Crippen LogP) is 3.56. The van der Waals surface area contributed by atoms with Crippen LogP contribution in [0.4, 0.5) is 0 Å². The molecule has 0 spiro atoms. The highest BCUT2D eigenvalue weighted by Crippen LogP contribution is 2.27. The second kappa shape index (κ2) is 9.82. The molecule has 26 heavy (non-hydrogen) atoms. The van der Waals surface area contributed by atoms with Crippen molar-refractivity contribution in [1.82, 2.24) is 5.43 Å². The van der Waals surface area contributed by atoms with Crippen molar-refractivity contribution in [2.24, 2.45) is 5.10 Å². The van der Waals surface area contributed by atoms with Crippen LogP contribution in [0.2, 0.25) is 0 Å². The molecule has 0 radical (unpaired) electrons. The molecular weight excluding hydrogens is 400 g/mol. The summed E-state index contributed by atoms with van der Waals surface area (Å²) in [5.74, 6) is 1.67. The standard InChI is InChI=1S/C19H21BrN2O4/c1-4-26-16-8-6-15(20)11-14(16)12-21-22-19(23)10-13-5-7-17(24-2)18(9-13)25-3/h5-9,11-12H,4,10H2,1-3H3,(H,22,23)/b21-12-. The van der Waals surface area contributed by atoms with Gasteiger partial charge in [-0.15, -0.1) is 0 Å². The quantitative estimate of drug-likeness (QED) is 0.523. The van der Waals surface area contributed by atoms with E-state index >= 15 is 0 Å². The van der Waals surface area contributed by atoms with Crippen LogP contribution in [0.3, 0.4) is 0 Å². The summed E-state index contributed by atoms with van der Waals surface area (Å²) in [5.41, 5.74) is 4.09. The lowest BCUT2D eigenvalue weighted by molar-refractivity contribution is -0.120. The minimum Gasteiger partial charge on any atom is -0.493 e. The lowest BCUT2D eigenvalue weighted by atomic mass is 10.1. The summed E-state index contributed by atoms with van der Waals surface area (Å²) >= 11 is 3.41. The number of rotatable bonds is 8. The number of hydrogen-bond donors (Lipinski definition) is 1. The molecule has 0 aromatic heterocycles. The molecule has 0 aliphatic rings. The number of benzene rings is 2. The van der Waals surface area contributed by atoms with Crippen molar-refractivity contribution in [2.75, 3.05) is 20.8 Å². The summed E-state index contributed by atoms with van der Waals surface area (Å²) in [7, 11) is 3.12. The Morgan fingerprint density at radius 2 is 1.85 bits per heavy atom. The highest BCUT2D eigenvalue weighted by atomic mass is 79.9. The highest BCUT2D eigenvalue weighted by Gasteiger charge is 2.08. The van der Waals surface area contributed by atoms with Crippen molar-refractivity contribution >= 4 is 28.1 Å². The van der Waals surface area contributed by atoms with E-state index in [1.165, 1.54) is 0 Å². The van der Waals surface area contributed by atoms with E-state index < -0.39 is 0 Å². The minimum absolute atomic E-state index is 0.175. The number of halogens is 1. The first-order chi connectivity index (χ1) is 12.6. The van der Waals surface area contributed by atoms with E-state index in [1.807, 2.05) is 31.2 Å². The zero-order chi connectivity index (χ0) is 18.9. The number of ether oxygens (including phenoxy) is 3. The molecule has 2 aromatic carbocycles. The van der Waals surface area contributed by atoms with Gasteiger partial charge in [0.25, 0.3) is 0 Å². The summed E-state index contributed by atoms with van der Waals surface area (Å²) in [4.78, 5) is 12.1. The maximum Gasteiger partial charge on any atom is 0.244 e. The lowest BCUT2D eigenvalue weighted by Crippen LogP contribution is -2.19. The first kappa shape index (κ1) is 19.8. The normalized spacial score (nSPS) is 10.6. The third-order valence-corrected chi connectivity index (χ3v) is 3.97. The summed E-state index contributed by atoms with van der Waals surface area (Å²) in [6.07, 6.45) is 1.73. The molecular formula is C19H21BrN2O4. The molecule has 0 bridgehead atoms. The summed E-state index contributed by atoms with van der Waals surface area (Å²) in [6, 6.07) is 10.9. The number of nitrogens with one attached hydrogen (secondary N) is 1. The minimum atomic E-state index is -0.235. The van der Waals surface area contributed by atoms with Crippen molar-refractivity contribution < 1.29 is 19.0 Å². The molecule has 0 atom stereocenters. The molecule has 0 aliphatic heterocycles. The first-order valence-electron chi connectivity index (χ1n) is 8.02. The van der Waals surface area contributed by atoms with Gasteiger partial charge in [0.05, 0.1) is 33.5 Å². The van der Waals surface area contributed by atoms with Gasteiger partial charge in [-0.05, 0) is 42.8 Å². The molecule has 138 valence electrons. The number of amides is 1. The topological polar surface area (TPSA) is 69.2 Å². The lowest BCUT2D eigenvalue weighted by Gasteiger charge is -2.09. The fraction of sp³-hybridized carbons (Fsp3) is 0.263. The Kier molecular flexibility index (Phi) is 7.47. The molecule has 0 unspecified atom stereocenters. The number of carbonyl (C=O) groups is 1. The fourth-order valence-electron chi connectivity index (χ4n) is 2.30. The average Bonchev–Trinajstić information content (AvgIpc) is 2.63. The van der Waals surface area contributed by atoms with Gasteiger partial charge in [-0.25, -0.2) is 5.43 Å². The molecule has 6 nitrogen and oxygen atoms in total. The van der Waals surface area contributed by atoms with Gasteiger partial charge in [0.15, 0.2) is 11.5 Å². The van der Waals surface area contributed by atoms with Gasteiger partial charge in [0.1, 0.15) is 5.75 Å². The van der Waals surface area contributed by atoms with Crippen LogP contribution in [0.5, 0.6) is 17.2 Å². The number of carbonyl (C=O) groups excluding carboxylic acids is 1. The molecule has 1 amide bonds. The van der Waals surface area contributed by atoms with Crippen molar-refractivity contribution in [3.8, 4) is 17.2 Å². The Bertz CT molecular complexity index is 793. The zero-order valence-electron chi connectivity index (χ0n) is 14.9. The monoisotopic (exact) mass is 420 g/mol. The van der Waals surface area contributed by atoms with E-state index in [4.69, 9.17) is 14.2 Å². The van der Waals surface area contributed by atoms with Crippen LogP contribution in [-0.4, -0.2) is 32.9 Å². The van der Waals surface area contributed by atoms with Crippen molar-refractivity contribution in [2.45, 2.75) is 13.3 Å². The van der Waals surface area contributed by atoms with Crippen LogP contribution in [0.1, 0.15) is 18.1 Å². The van der Waals surface area contributed by atoms with E-state index in [2.05, 4.69) is 26.5 Å². The van der Waals surface area contributed by atoms with Gasteiger partial charge in [-0.1, -0.05) is 22.0 Å². The van der Waals surface area contributed by atoms with Crippen LogP contribution in [0.15, 0.2) is 46.0 Å². The third-order valence-electron chi connectivity index (χ3n) is 3.48. The van der Waals surface area contributed by atoms with Gasteiger partial charge in [0, 0.05) is 10.0 Å². The maximum atomic E-state index is 12.1. The summed E-state index contributed by atoms with van der Waals surface area (Å²) < 4.78 is 16.9. The first-order valence-corrected chi connectivity index (χ1v) is 8.81. The second-order valence-electron chi connectivity index (χ2n) is 5.27. The van der Waals surface area contributed by atoms with Crippen molar-refractivity contribution in [1.29, 1.82) is 0 Å². The van der Waals surface area contributed by atoms with E-state index in [0.717, 1.165) is 15.6 Å². The Morgan fingerprint density at radius 1 is 1.12 bits per heavy atom. The smallest absolute Gasteiger partial charge is 0.244 e.